The zero-order valence-corrected chi connectivity index (χ0v) is 18.1. The second-order valence-corrected chi connectivity index (χ2v) is 8.06. The Morgan fingerprint density at radius 1 is 1.35 bits per heavy atom. The molecule has 0 radical (unpaired) electrons. The number of guanidine groups is 1. The number of aromatic nitrogens is 1. The Hall–Kier alpha value is -1.40. The fourth-order valence-electron chi connectivity index (χ4n) is 2.45. The molecular weight excluding hydrogens is 467 g/mol. The quantitative estimate of drug-likeness (QED) is 0.250. The van der Waals surface area contributed by atoms with Gasteiger partial charge in [0.2, 0.25) is 10.0 Å². The van der Waals surface area contributed by atoms with Gasteiger partial charge in [0.05, 0.1) is 12.3 Å². The molecule has 0 bridgehead atoms. The van der Waals surface area contributed by atoms with Crippen LogP contribution in [0.25, 0.3) is 0 Å². The van der Waals surface area contributed by atoms with Gasteiger partial charge in [-0.05, 0) is 19.1 Å². The normalized spacial score (nSPS) is 16.0. The highest BCUT2D eigenvalue weighted by atomic mass is 127. The first kappa shape index (κ1) is 22.6. The Morgan fingerprint density at radius 2 is 2.04 bits per heavy atom. The van der Waals surface area contributed by atoms with E-state index in [1.54, 1.807) is 6.20 Å². The van der Waals surface area contributed by atoms with Crippen LogP contribution in [-0.4, -0.2) is 68.7 Å². The van der Waals surface area contributed by atoms with E-state index in [1.807, 2.05) is 25.1 Å². The Bertz CT molecular complexity index is 703. The third-order valence-corrected chi connectivity index (χ3v) is 5.66. The number of piperazine rings is 1. The van der Waals surface area contributed by atoms with Gasteiger partial charge < -0.3 is 16.0 Å². The van der Waals surface area contributed by atoms with Crippen LogP contribution in [0.5, 0.6) is 0 Å². The highest BCUT2D eigenvalue weighted by Crippen LogP contribution is 2.14. The zero-order valence-electron chi connectivity index (χ0n) is 15.0. The van der Waals surface area contributed by atoms with E-state index in [9.17, 15) is 8.42 Å². The van der Waals surface area contributed by atoms with Gasteiger partial charge in [0.25, 0.3) is 0 Å². The number of nitrogens with two attached hydrogens (primary N) is 1. The molecule has 0 saturated carbocycles. The number of hydrogen-bond acceptors (Lipinski definition) is 5. The summed E-state index contributed by atoms with van der Waals surface area (Å²) in [5.41, 5.74) is 6.58. The molecule has 1 aliphatic heterocycles. The van der Waals surface area contributed by atoms with E-state index in [-0.39, 0.29) is 42.2 Å². The topological polar surface area (TPSA) is 104 Å². The Morgan fingerprint density at radius 3 is 2.62 bits per heavy atom. The lowest BCUT2D eigenvalue weighted by Gasteiger charge is -2.34. The van der Waals surface area contributed by atoms with Gasteiger partial charge in [0.15, 0.2) is 5.96 Å². The van der Waals surface area contributed by atoms with E-state index in [2.05, 4.69) is 26.8 Å². The molecule has 0 atom stereocenters. The lowest BCUT2D eigenvalue weighted by molar-refractivity contribution is 0.384. The van der Waals surface area contributed by atoms with Gasteiger partial charge in [0.1, 0.15) is 5.82 Å². The molecule has 8 nitrogen and oxygen atoms in total. The van der Waals surface area contributed by atoms with E-state index in [0.29, 0.717) is 32.7 Å². The number of nitrogens with one attached hydrogen (secondary N) is 1. The molecule has 0 amide bonds. The third-order valence-electron chi connectivity index (χ3n) is 3.79. The maximum atomic E-state index is 12.4. The first-order valence-electron chi connectivity index (χ1n) is 8.20. The van der Waals surface area contributed by atoms with Crippen molar-refractivity contribution in [1.29, 1.82) is 0 Å². The predicted molar refractivity (Wildman–Crippen MR) is 117 cm³/mol. The summed E-state index contributed by atoms with van der Waals surface area (Å²) in [7, 11) is -3.32. The second-order valence-electron chi connectivity index (χ2n) is 5.98. The van der Waals surface area contributed by atoms with E-state index in [4.69, 9.17) is 5.73 Å². The summed E-state index contributed by atoms with van der Waals surface area (Å²) < 4.78 is 26.4. The minimum atomic E-state index is -3.32. The molecule has 1 aromatic rings. The predicted octanol–water partition coefficient (Wildman–Crippen LogP) is 0.632. The van der Waals surface area contributed by atoms with Crippen LogP contribution in [0.2, 0.25) is 0 Å². The SMILES string of the molecule is C=C(C)CN=C(N)NCCS(=O)(=O)N1CCN(c2ccccn2)CC1.I. The van der Waals surface area contributed by atoms with E-state index in [1.165, 1.54) is 4.31 Å². The standard InChI is InChI=1S/C16H26N6O2S.HI/c1-14(2)13-20-16(17)19-7-12-25(23,24)22-10-8-21(9-11-22)15-5-3-4-6-18-15;/h3-6H,1,7-13H2,2H3,(H3,17,19,20);1H. The van der Waals surface area contributed by atoms with Crippen molar-refractivity contribution in [3.05, 3.63) is 36.5 Å². The molecule has 10 heteroatoms. The minimum Gasteiger partial charge on any atom is -0.370 e. The average molecular weight is 494 g/mol. The average Bonchev–Trinajstić information content (AvgIpc) is 2.61. The van der Waals surface area contributed by atoms with Crippen LogP contribution in [0.1, 0.15) is 6.92 Å². The molecule has 0 spiro atoms. The van der Waals surface area contributed by atoms with Crippen molar-refractivity contribution >= 4 is 45.8 Å². The van der Waals surface area contributed by atoms with Crippen LogP contribution < -0.4 is 16.0 Å². The third kappa shape index (κ3) is 7.08. The molecule has 26 heavy (non-hydrogen) atoms. The van der Waals surface area contributed by atoms with Crippen LogP contribution in [0.15, 0.2) is 41.5 Å². The van der Waals surface area contributed by atoms with Gasteiger partial charge >= 0.3 is 0 Å². The molecule has 2 heterocycles. The minimum absolute atomic E-state index is 0. The summed E-state index contributed by atoms with van der Waals surface area (Å²) in [5.74, 6) is 1.10. The smallest absolute Gasteiger partial charge is 0.215 e. The molecule has 2 rings (SSSR count). The van der Waals surface area contributed by atoms with Gasteiger partial charge in [-0.15, -0.1) is 24.0 Å². The maximum absolute atomic E-state index is 12.4. The summed E-state index contributed by atoms with van der Waals surface area (Å²) in [6, 6.07) is 5.72. The Kier molecular flexibility index (Phi) is 9.30. The zero-order chi connectivity index (χ0) is 18.3. The highest BCUT2D eigenvalue weighted by Gasteiger charge is 2.26. The van der Waals surface area contributed by atoms with E-state index in [0.717, 1.165) is 11.4 Å². The molecule has 1 aromatic heterocycles. The molecule has 0 unspecified atom stereocenters. The maximum Gasteiger partial charge on any atom is 0.215 e. The summed E-state index contributed by atoms with van der Waals surface area (Å²) in [5, 5.41) is 2.83. The van der Waals surface area contributed by atoms with Crippen molar-refractivity contribution < 1.29 is 8.42 Å². The summed E-state index contributed by atoms with van der Waals surface area (Å²) in [4.78, 5) is 10.5. The second kappa shape index (κ2) is 10.7. The molecule has 1 fully saturated rings. The lowest BCUT2D eigenvalue weighted by atomic mass is 10.3. The Balaban J connectivity index is 0.00000338. The fourth-order valence-corrected chi connectivity index (χ4v) is 3.79. The van der Waals surface area contributed by atoms with Gasteiger partial charge in [-0.2, -0.15) is 4.31 Å². The van der Waals surface area contributed by atoms with Crippen molar-refractivity contribution in [3.63, 3.8) is 0 Å². The van der Waals surface area contributed by atoms with Crippen LogP contribution >= 0.6 is 24.0 Å². The highest BCUT2D eigenvalue weighted by molar-refractivity contribution is 14.0. The molecule has 0 aromatic carbocycles. The lowest BCUT2D eigenvalue weighted by Crippen LogP contribution is -2.50. The summed E-state index contributed by atoms with van der Waals surface area (Å²) in [6.45, 7) is 8.42. The van der Waals surface area contributed by atoms with Crippen molar-refractivity contribution in [2.24, 2.45) is 10.7 Å². The van der Waals surface area contributed by atoms with Crippen LogP contribution in [-0.2, 0) is 10.0 Å². The molecule has 1 aliphatic rings. The number of sulfonamides is 1. The fraction of sp³-hybridized carbons (Fsp3) is 0.500. The van der Waals surface area contributed by atoms with E-state index < -0.39 is 10.0 Å². The largest absolute Gasteiger partial charge is 0.370 e. The molecular formula is C16H27IN6O2S. The number of rotatable bonds is 7. The monoisotopic (exact) mass is 494 g/mol. The van der Waals surface area contributed by atoms with E-state index >= 15 is 0 Å². The van der Waals surface area contributed by atoms with Gasteiger partial charge in [0, 0.05) is 38.9 Å². The first-order chi connectivity index (χ1) is 11.9. The molecule has 146 valence electrons. The number of pyridine rings is 1. The summed E-state index contributed by atoms with van der Waals surface area (Å²) in [6.07, 6.45) is 1.74. The van der Waals surface area contributed by atoms with Crippen molar-refractivity contribution in [3.8, 4) is 0 Å². The van der Waals surface area contributed by atoms with Gasteiger partial charge in [-0.1, -0.05) is 18.2 Å². The summed E-state index contributed by atoms with van der Waals surface area (Å²) >= 11 is 0. The van der Waals surface area contributed by atoms with Crippen LogP contribution in [0, 0.1) is 0 Å². The number of nitrogens with zero attached hydrogens (tertiary/aromatic N) is 4. The first-order valence-corrected chi connectivity index (χ1v) is 9.81. The van der Waals surface area contributed by atoms with Crippen molar-refractivity contribution in [2.45, 2.75) is 6.92 Å². The van der Waals surface area contributed by atoms with Gasteiger partial charge in [-0.3, -0.25) is 0 Å². The molecule has 1 saturated heterocycles. The van der Waals surface area contributed by atoms with Crippen LogP contribution in [0.4, 0.5) is 5.82 Å². The molecule has 3 N–H and O–H groups in total. The number of halogens is 1. The number of hydrogen-bond donors (Lipinski definition) is 2. The number of aliphatic imine (C=N–C) groups is 1. The van der Waals surface area contributed by atoms with Crippen molar-refractivity contribution in [1.82, 2.24) is 14.6 Å². The Labute approximate surface area is 172 Å². The number of anilines is 1. The van der Waals surface area contributed by atoms with Crippen molar-refractivity contribution in [2.75, 3.05) is 49.9 Å². The van der Waals surface area contributed by atoms with Gasteiger partial charge in [-0.25, -0.2) is 18.4 Å². The molecule has 0 aliphatic carbocycles. The van der Waals surface area contributed by atoms with Crippen LogP contribution in [0.3, 0.4) is 0 Å².